The van der Waals surface area contributed by atoms with E-state index in [1.807, 2.05) is 25.2 Å². The zero-order valence-corrected chi connectivity index (χ0v) is 18.6. The summed E-state index contributed by atoms with van der Waals surface area (Å²) in [5, 5.41) is 3.51. The summed E-state index contributed by atoms with van der Waals surface area (Å²) >= 11 is 0. The van der Waals surface area contributed by atoms with Crippen LogP contribution in [0.2, 0.25) is 0 Å². The highest BCUT2D eigenvalue weighted by molar-refractivity contribution is 5.94. The number of nitrogens with zero attached hydrogens (tertiary/aromatic N) is 3. The number of amides is 1. The molecule has 1 fully saturated rings. The molecular weight excluding hydrogens is 372 g/mol. The Kier molecular flexibility index (Phi) is 7.50. The number of hydrogen-bond donors (Lipinski definition) is 1. The van der Waals surface area contributed by atoms with Crippen LogP contribution in [0.3, 0.4) is 0 Å². The standard InChI is InChI=1S/C25H34N4O/c1-19-18-29(16-14-23(19)21-10-6-5-7-11-21)25(26-2)27-15-13-20-9-8-12-22(17-20)24(30)28(3)4/h5-12,17,19,23H,13-16,18H2,1-4H3,(H,26,27). The minimum atomic E-state index is 0.0379. The van der Waals surface area contributed by atoms with Gasteiger partial charge in [-0.1, -0.05) is 49.4 Å². The van der Waals surface area contributed by atoms with Crippen molar-refractivity contribution < 1.29 is 4.79 Å². The number of carbonyl (C=O) groups is 1. The molecule has 1 aliphatic rings. The molecule has 0 aromatic heterocycles. The van der Waals surface area contributed by atoms with Crippen LogP contribution in [0.5, 0.6) is 0 Å². The van der Waals surface area contributed by atoms with Crippen molar-refractivity contribution in [2.45, 2.75) is 25.7 Å². The largest absolute Gasteiger partial charge is 0.356 e. The Hall–Kier alpha value is -2.82. The van der Waals surface area contributed by atoms with Crippen LogP contribution in [0.4, 0.5) is 0 Å². The first-order valence-corrected chi connectivity index (χ1v) is 10.8. The Morgan fingerprint density at radius 2 is 1.93 bits per heavy atom. The van der Waals surface area contributed by atoms with E-state index in [2.05, 4.69) is 58.5 Å². The van der Waals surface area contributed by atoms with Crippen LogP contribution in [0, 0.1) is 5.92 Å². The molecular formula is C25H34N4O. The first-order valence-electron chi connectivity index (χ1n) is 10.8. The summed E-state index contributed by atoms with van der Waals surface area (Å²) in [6.07, 6.45) is 1.99. The Balaban J connectivity index is 1.53. The Bertz CT molecular complexity index is 862. The van der Waals surface area contributed by atoms with Crippen LogP contribution < -0.4 is 5.32 Å². The highest BCUT2D eigenvalue weighted by atomic mass is 16.2. The minimum absolute atomic E-state index is 0.0379. The van der Waals surface area contributed by atoms with Crippen LogP contribution >= 0.6 is 0 Å². The van der Waals surface area contributed by atoms with E-state index in [1.165, 1.54) is 5.56 Å². The molecule has 0 spiro atoms. The van der Waals surface area contributed by atoms with E-state index in [9.17, 15) is 4.79 Å². The lowest BCUT2D eigenvalue weighted by Crippen LogP contribution is -2.48. The third kappa shape index (κ3) is 5.41. The maximum atomic E-state index is 12.2. The molecule has 1 saturated heterocycles. The molecule has 160 valence electrons. The van der Waals surface area contributed by atoms with E-state index in [0.717, 1.165) is 49.6 Å². The number of nitrogens with one attached hydrogen (secondary N) is 1. The molecule has 0 aliphatic carbocycles. The topological polar surface area (TPSA) is 47.9 Å². The lowest BCUT2D eigenvalue weighted by molar-refractivity contribution is 0.0827. The van der Waals surface area contributed by atoms with Gasteiger partial charge in [0.2, 0.25) is 0 Å². The maximum absolute atomic E-state index is 12.2. The lowest BCUT2D eigenvalue weighted by Gasteiger charge is -2.39. The van der Waals surface area contributed by atoms with Gasteiger partial charge < -0.3 is 15.1 Å². The van der Waals surface area contributed by atoms with Crippen molar-refractivity contribution >= 4 is 11.9 Å². The fourth-order valence-corrected chi connectivity index (χ4v) is 4.30. The number of guanidine groups is 1. The zero-order chi connectivity index (χ0) is 21.5. The predicted octanol–water partition coefficient (Wildman–Crippen LogP) is 3.63. The van der Waals surface area contributed by atoms with Gasteiger partial charge in [-0.15, -0.1) is 0 Å². The molecule has 5 nitrogen and oxygen atoms in total. The number of rotatable bonds is 5. The van der Waals surface area contributed by atoms with Gasteiger partial charge in [-0.2, -0.15) is 0 Å². The van der Waals surface area contributed by atoms with Crippen molar-refractivity contribution in [2.24, 2.45) is 10.9 Å². The second-order valence-corrected chi connectivity index (χ2v) is 8.35. The predicted molar refractivity (Wildman–Crippen MR) is 124 cm³/mol. The van der Waals surface area contributed by atoms with Crippen LogP contribution in [0.1, 0.15) is 40.7 Å². The first kappa shape index (κ1) is 21.9. The fraction of sp³-hybridized carbons (Fsp3) is 0.440. The number of carbonyl (C=O) groups excluding carboxylic acids is 1. The average Bonchev–Trinajstić information content (AvgIpc) is 2.77. The molecule has 0 saturated carbocycles. The van der Waals surface area contributed by atoms with Gasteiger partial charge in [0, 0.05) is 46.3 Å². The van der Waals surface area contributed by atoms with Crippen molar-refractivity contribution in [1.82, 2.24) is 15.1 Å². The summed E-state index contributed by atoms with van der Waals surface area (Å²) in [6, 6.07) is 18.7. The molecule has 2 aromatic carbocycles. The third-order valence-electron chi connectivity index (χ3n) is 5.92. The van der Waals surface area contributed by atoms with Crippen LogP contribution in [-0.4, -0.2) is 62.4 Å². The van der Waals surface area contributed by atoms with Gasteiger partial charge in [-0.25, -0.2) is 0 Å². The van der Waals surface area contributed by atoms with E-state index in [1.54, 1.807) is 19.0 Å². The van der Waals surface area contributed by atoms with Gasteiger partial charge >= 0.3 is 0 Å². The summed E-state index contributed by atoms with van der Waals surface area (Å²) in [6.45, 7) is 5.14. The molecule has 2 unspecified atom stereocenters. The number of benzene rings is 2. The quantitative estimate of drug-likeness (QED) is 0.609. The molecule has 1 amide bonds. The van der Waals surface area contributed by atoms with Crippen molar-refractivity contribution in [2.75, 3.05) is 40.8 Å². The monoisotopic (exact) mass is 406 g/mol. The summed E-state index contributed by atoms with van der Waals surface area (Å²) in [4.78, 5) is 20.7. The van der Waals surface area contributed by atoms with E-state index < -0.39 is 0 Å². The van der Waals surface area contributed by atoms with E-state index in [0.29, 0.717) is 11.8 Å². The molecule has 3 rings (SSSR count). The second kappa shape index (κ2) is 10.3. The van der Waals surface area contributed by atoms with Gasteiger partial charge in [0.1, 0.15) is 0 Å². The van der Waals surface area contributed by atoms with Gasteiger partial charge in [0.15, 0.2) is 5.96 Å². The number of piperidine rings is 1. The Morgan fingerprint density at radius 3 is 2.60 bits per heavy atom. The van der Waals surface area contributed by atoms with Crippen molar-refractivity contribution in [3.63, 3.8) is 0 Å². The molecule has 5 heteroatoms. The minimum Gasteiger partial charge on any atom is -0.356 e. The average molecular weight is 407 g/mol. The summed E-state index contributed by atoms with van der Waals surface area (Å²) in [5.41, 5.74) is 3.33. The van der Waals surface area contributed by atoms with Gasteiger partial charge in [0.25, 0.3) is 5.91 Å². The second-order valence-electron chi connectivity index (χ2n) is 8.35. The van der Waals surface area contributed by atoms with Gasteiger partial charge in [-0.05, 0) is 47.9 Å². The van der Waals surface area contributed by atoms with Crippen molar-refractivity contribution in [1.29, 1.82) is 0 Å². The van der Waals surface area contributed by atoms with Crippen LogP contribution in [-0.2, 0) is 6.42 Å². The number of hydrogen-bond acceptors (Lipinski definition) is 2. The molecule has 0 radical (unpaired) electrons. The first-order chi connectivity index (χ1) is 14.5. The Morgan fingerprint density at radius 1 is 1.17 bits per heavy atom. The number of likely N-dealkylation sites (tertiary alicyclic amines) is 1. The van der Waals surface area contributed by atoms with E-state index in [4.69, 9.17) is 0 Å². The SMILES string of the molecule is CN=C(NCCc1cccc(C(=O)N(C)C)c1)N1CCC(c2ccccc2)C(C)C1. The summed E-state index contributed by atoms with van der Waals surface area (Å²) in [5.74, 6) is 2.19. The maximum Gasteiger partial charge on any atom is 0.253 e. The molecule has 0 bridgehead atoms. The van der Waals surface area contributed by atoms with Crippen LogP contribution in [0.25, 0.3) is 0 Å². The Labute approximate surface area is 180 Å². The highest BCUT2D eigenvalue weighted by Gasteiger charge is 2.28. The zero-order valence-electron chi connectivity index (χ0n) is 18.6. The number of aliphatic imine (C=N–C) groups is 1. The lowest BCUT2D eigenvalue weighted by atomic mass is 9.82. The summed E-state index contributed by atoms with van der Waals surface area (Å²) < 4.78 is 0. The van der Waals surface area contributed by atoms with E-state index >= 15 is 0 Å². The van der Waals surface area contributed by atoms with Gasteiger partial charge in [0.05, 0.1) is 0 Å². The fourth-order valence-electron chi connectivity index (χ4n) is 4.30. The highest BCUT2D eigenvalue weighted by Crippen LogP contribution is 2.32. The summed E-state index contributed by atoms with van der Waals surface area (Å²) in [7, 11) is 5.41. The molecule has 1 heterocycles. The molecule has 30 heavy (non-hydrogen) atoms. The molecule has 1 N–H and O–H groups in total. The smallest absolute Gasteiger partial charge is 0.253 e. The van der Waals surface area contributed by atoms with Gasteiger partial charge in [-0.3, -0.25) is 9.79 Å². The van der Waals surface area contributed by atoms with Crippen LogP contribution in [0.15, 0.2) is 59.6 Å². The van der Waals surface area contributed by atoms with Crippen molar-refractivity contribution in [3.8, 4) is 0 Å². The molecule has 2 aromatic rings. The van der Waals surface area contributed by atoms with E-state index in [-0.39, 0.29) is 5.91 Å². The van der Waals surface area contributed by atoms with Crippen molar-refractivity contribution in [3.05, 3.63) is 71.3 Å². The molecule has 2 atom stereocenters. The molecule has 1 aliphatic heterocycles. The third-order valence-corrected chi connectivity index (χ3v) is 5.92. The normalized spacial score (nSPS) is 19.5.